The standard InChI is InChI=1S/C22H28N2O3/c1-4-23-22(26)18(3)24(14-13-19-10-6-5-7-11-19)21(25)16-27-20-12-8-9-17(2)15-20/h5-12,15,18H,4,13-14,16H2,1-3H3,(H,23,26)/t18-/m1/s1. The number of carbonyl (C=O) groups is 2. The lowest BCUT2D eigenvalue weighted by Crippen LogP contribution is -2.50. The van der Waals surface area contributed by atoms with E-state index in [-0.39, 0.29) is 18.4 Å². The third kappa shape index (κ3) is 6.44. The van der Waals surface area contributed by atoms with Gasteiger partial charge in [-0.05, 0) is 50.5 Å². The summed E-state index contributed by atoms with van der Waals surface area (Å²) in [6.07, 6.45) is 0.681. The molecule has 2 rings (SSSR count). The Labute approximate surface area is 161 Å². The van der Waals surface area contributed by atoms with Crippen molar-refractivity contribution in [3.05, 3.63) is 65.7 Å². The first-order valence-electron chi connectivity index (χ1n) is 9.31. The minimum absolute atomic E-state index is 0.0952. The molecular formula is C22H28N2O3. The minimum Gasteiger partial charge on any atom is -0.484 e. The molecule has 0 saturated carbocycles. The molecular weight excluding hydrogens is 340 g/mol. The molecule has 2 amide bonds. The molecule has 144 valence electrons. The molecule has 0 heterocycles. The van der Waals surface area contributed by atoms with Crippen LogP contribution >= 0.6 is 0 Å². The van der Waals surface area contributed by atoms with Gasteiger partial charge in [-0.15, -0.1) is 0 Å². The predicted octanol–water partition coefficient (Wildman–Crippen LogP) is 2.97. The number of benzene rings is 2. The number of likely N-dealkylation sites (N-methyl/N-ethyl adjacent to an activating group) is 1. The molecule has 0 fully saturated rings. The van der Waals surface area contributed by atoms with Crippen LogP contribution < -0.4 is 10.1 Å². The molecule has 5 heteroatoms. The highest BCUT2D eigenvalue weighted by Crippen LogP contribution is 2.13. The van der Waals surface area contributed by atoms with Crippen LogP contribution in [0.2, 0.25) is 0 Å². The third-order valence-electron chi connectivity index (χ3n) is 4.35. The zero-order chi connectivity index (χ0) is 19.6. The molecule has 5 nitrogen and oxygen atoms in total. The Hall–Kier alpha value is -2.82. The first kappa shape index (κ1) is 20.5. The van der Waals surface area contributed by atoms with Gasteiger partial charge in [0.2, 0.25) is 5.91 Å². The lowest BCUT2D eigenvalue weighted by atomic mass is 10.1. The zero-order valence-electron chi connectivity index (χ0n) is 16.3. The van der Waals surface area contributed by atoms with Gasteiger partial charge < -0.3 is 15.0 Å². The summed E-state index contributed by atoms with van der Waals surface area (Å²) in [5.74, 6) is 0.290. The Balaban J connectivity index is 2.04. The van der Waals surface area contributed by atoms with E-state index in [0.717, 1.165) is 11.1 Å². The van der Waals surface area contributed by atoms with Crippen molar-refractivity contribution in [3.63, 3.8) is 0 Å². The minimum atomic E-state index is -0.553. The topological polar surface area (TPSA) is 58.6 Å². The van der Waals surface area contributed by atoms with Crippen LogP contribution in [0.15, 0.2) is 54.6 Å². The molecule has 0 unspecified atom stereocenters. The number of nitrogens with one attached hydrogen (secondary N) is 1. The number of carbonyl (C=O) groups excluding carboxylic acids is 2. The van der Waals surface area contributed by atoms with Crippen molar-refractivity contribution in [1.82, 2.24) is 10.2 Å². The fourth-order valence-electron chi connectivity index (χ4n) is 2.83. The van der Waals surface area contributed by atoms with E-state index in [1.807, 2.05) is 68.4 Å². The first-order valence-corrected chi connectivity index (χ1v) is 9.31. The number of nitrogens with zero attached hydrogens (tertiary/aromatic N) is 1. The number of hydrogen-bond acceptors (Lipinski definition) is 3. The van der Waals surface area contributed by atoms with Crippen molar-refractivity contribution in [1.29, 1.82) is 0 Å². The van der Waals surface area contributed by atoms with E-state index in [2.05, 4.69) is 5.32 Å². The maximum atomic E-state index is 12.8. The smallest absolute Gasteiger partial charge is 0.261 e. The highest BCUT2D eigenvalue weighted by atomic mass is 16.5. The lowest BCUT2D eigenvalue weighted by Gasteiger charge is -2.28. The van der Waals surface area contributed by atoms with E-state index in [1.165, 1.54) is 0 Å². The van der Waals surface area contributed by atoms with Gasteiger partial charge in [0.15, 0.2) is 6.61 Å². The molecule has 0 aliphatic heterocycles. The van der Waals surface area contributed by atoms with Crippen LogP contribution in [-0.2, 0) is 16.0 Å². The van der Waals surface area contributed by atoms with Crippen LogP contribution in [-0.4, -0.2) is 42.5 Å². The van der Waals surface area contributed by atoms with Crippen molar-refractivity contribution in [2.45, 2.75) is 33.2 Å². The van der Waals surface area contributed by atoms with E-state index >= 15 is 0 Å². The van der Waals surface area contributed by atoms with E-state index in [9.17, 15) is 9.59 Å². The summed E-state index contributed by atoms with van der Waals surface area (Å²) in [6.45, 7) is 6.48. The maximum absolute atomic E-state index is 12.8. The van der Waals surface area contributed by atoms with Gasteiger partial charge in [0.25, 0.3) is 5.91 Å². The van der Waals surface area contributed by atoms with Gasteiger partial charge in [-0.25, -0.2) is 0 Å². The molecule has 1 atom stereocenters. The van der Waals surface area contributed by atoms with Crippen molar-refractivity contribution in [2.24, 2.45) is 0 Å². The second kappa shape index (κ2) is 10.4. The largest absolute Gasteiger partial charge is 0.484 e. The average Bonchev–Trinajstić information content (AvgIpc) is 2.67. The zero-order valence-corrected chi connectivity index (χ0v) is 16.3. The van der Waals surface area contributed by atoms with Gasteiger partial charge in [-0.2, -0.15) is 0 Å². The molecule has 0 radical (unpaired) electrons. The van der Waals surface area contributed by atoms with E-state index < -0.39 is 6.04 Å². The molecule has 0 spiro atoms. The summed E-state index contributed by atoms with van der Waals surface area (Å²) in [6, 6.07) is 16.9. The predicted molar refractivity (Wildman–Crippen MR) is 107 cm³/mol. The molecule has 1 N–H and O–H groups in total. The van der Waals surface area contributed by atoms with E-state index in [0.29, 0.717) is 25.3 Å². The Morgan fingerprint density at radius 2 is 1.85 bits per heavy atom. The molecule has 0 aliphatic carbocycles. The van der Waals surface area contributed by atoms with Crippen LogP contribution in [0.1, 0.15) is 25.0 Å². The van der Waals surface area contributed by atoms with Gasteiger partial charge in [0.1, 0.15) is 11.8 Å². The van der Waals surface area contributed by atoms with Gasteiger partial charge in [0, 0.05) is 13.1 Å². The second-order valence-electron chi connectivity index (χ2n) is 6.50. The summed E-state index contributed by atoms with van der Waals surface area (Å²) >= 11 is 0. The van der Waals surface area contributed by atoms with Crippen molar-refractivity contribution in [3.8, 4) is 5.75 Å². The van der Waals surface area contributed by atoms with Crippen LogP contribution in [0.3, 0.4) is 0 Å². The van der Waals surface area contributed by atoms with Gasteiger partial charge >= 0.3 is 0 Å². The summed E-state index contributed by atoms with van der Waals surface area (Å²) in [7, 11) is 0. The van der Waals surface area contributed by atoms with Crippen LogP contribution in [0.5, 0.6) is 5.75 Å². The molecule has 0 aliphatic rings. The van der Waals surface area contributed by atoms with Crippen molar-refractivity contribution < 1.29 is 14.3 Å². The molecule has 0 aromatic heterocycles. The van der Waals surface area contributed by atoms with Crippen LogP contribution in [0.25, 0.3) is 0 Å². The SMILES string of the molecule is CCNC(=O)[C@@H](C)N(CCc1ccccc1)C(=O)COc1cccc(C)c1. The molecule has 27 heavy (non-hydrogen) atoms. The van der Waals surface area contributed by atoms with Crippen LogP contribution in [0.4, 0.5) is 0 Å². The molecule has 2 aromatic rings. The highest BCUT2D eigenvalue weighted by Gasteiger charge is 2.25. The third-order valence-corrected chi connectivity index (χ3v) is 4.35. The number of aryl methyl sites for hydroxylation is 1. The number of ether oxygens (including phenoxy) is 1. The fourth-order valence-corrected chi connectivity index (χ4v) is 2.83. The Morgan fingerprint density at radius 3 is 2.52 bits per heavy atom. The summed E-state index contributed by atoms with van der Waals surface area (Å²) in [5, 5.41) is 2.79. The number of amides is 2. The molecule has 0 saturated heterocycles. The maximum Gasteiger partial charge on any atom is 0.261 e. The fraction of sp³-hybridized carbons (Fsp3) is 0.364. The Bertz CT molecular complexity index is 746. The average molecular weight is 368 g/mol. The number of hydrogen-bond donors (Lipinski definition) is 1. The monoisotopic (exact) mass is 368 g/mol. The number of rotatable bonds is 9. The van der Waals surface area contributed by atoms with E-state index in [4.69, 9.17) is 4.74 Å². The summed E-state index contributed by atoms with van der Waals surface area (Å²) < 4.78 is 5.65. The lowest BCUT2D eigenvalue weighted by molar-refractivity contribution is -0.141. The van der Waals surface area contributed by atoms with Gasteiger partial charge in [-0.3, -0.25) is 9.59 Å². The normalized spacial score (nSPS) is 11.5. The molecule has 2 aromatic carbocycles. The van der Waals surface area contributed by atoms with E-state index in [1.54, 1.807) is 11.8 Å². The van der Waals surface area contributed by atoms with Crippen molar-refractivity contribution in [2.75, 3.05) is 19.7 Å². The van der Waals surface area contributed by atoms with Crippen LogP contribution in [0, 0.1) is 6.92 Å². The second-order valence-corrected chi connectivity index (χ2v) is 6.50. The van der Waals surface area contributed by atoms with Crippen molar-refractivity contribution >= 4 is 11.8 Å². The van der Waals surface area contributed by atoms with Gasteiger partial charge in [0.05, 0.1) is 0 Å². The first-order chi connectivity index (χ1) is 13.0. The summed E-state index contributed by atoms with van der Waals surface area (Å²) in [5.41, 5.74) is 2.19. The quantitative estimate of drug-likeness (QED) is 0.740. The Kier molecular flexibility index (Phi) is 7.86. The highest BCUT2D eigenvalue weighted by molar-refractivity contribution is 5.87. The Morgan fingerprint density at radius 1 is 1.11 bits per heavy atom. The summed E-state index contributed by atoms with van der Waals surface area (Å²) in [4.78, 5) is 26.7. The molecule has 0 bridgehead atoms. The van der Waals surface area contributed by atoms with Gasteiger partial charge in [-0.1, -0.05) is 42.5 Å².